The van der Waals surface area contributed by atoms with Crippen LogP contribution in [0.3, 0.4) is 0 Å². The zero-order chi connectivity index (χ0) is 23.8. The first-order chi connectivity index (χ1) is 15.9. The summed E-state index contributed by atoms with van der Waals surface area (Å²) in [5, 5.41) is -0.375. The second-order valence-electron chi connectivity index (χ2n) is 6.23. The van der Waals surface area contributed by atoms with Crippen LogP contribution in [0.25, 0.3) is 0 Å². The Balaban J connectivity index is 0.000000186. The minimum Gasteiger partial charge on any atom is -0.269 e. The highest BCUT2D eigenvalue weighted by molar-refractivity contribution is 8.12. The molecule has 0 aliphatic carbocycles. The Morgan fingerprint density at radius 3 is 1.39 bits per heavy atom. The zero-order valence-corrected chi connectivity index (χ0v) is 18.5. The molecule has 4 aromatic rings. The fourth-order valence-electron chi connectivity index (χ4n) is 2.48. The molecule has 0 aliphatic heterocycles. The van der Waals surface area contributed by atoms with Crippen LogP contribution in [0.2, 0.25) is 0 Å². The summed E-state index contributed by atoms with van der Waals surface area (Å²) in [5.74, 6) is 0. The SMILES string of the molecule is O=C(Sn1ccccc1=O)n1ccccc1=O.O=c1ccccn1C(=S)n1ccccc1=O. The molecular formula is C22H16N4O5S2. The molecule has 0 amide bonds. The van der Waals surface area contributed by atoms with Gasteiger partial charge < -0.3 is 0 Å². The van der Waals surface area contributed by atoms with E-state index in [-0.39, 0.29) is 21.8 Å². The highest BCUT2D eigenvalue weighted by Crippen LogP contribution is 2.05. The van der Waals surface area contributed by atoms with E-state index in [0.29, 0.717) is 11.9 Å². The van der Waals surface area contributed by atoms with Crippen LogP contribution in [0.4, 0.5) is 4.79 Å². The van der Waals surface area contributed by atoms with Crippen molar-refractivity contribution in [3.8, 4) is 0 Å². The molecule has 0 N–H and O–H groups in total. The maximum absolute atomic E-state index is 11.8. The van der Waals surface area contributed by atoms with Crippen molar-refractivity contribution in [1.29, 1.82) is 0 Å². The Hall–Kier alpha value is -4.09. The predicted molar refractivity (Wildman–Crippen MR) is 130 cm³/mol. The van der Waals surface area contributed by atoms with E-state index in [1.807, 2.05) is 0 Å². The van der Waals surface area contributed by atoms with Crippen LogP contribution in [0.5, 0.6) is 0 Å². The molecule has 0 aromatic carbocycles. The number of nitrogens with zero attached hydrogens (tertiary/aromatic N) is 4. The van der Waals surface area contributed by atoms with E-state index in [4.69, 9.17) is 12.2 Å². The van der Waals surface area contributed by atoms with Crippen molar-refractivity contribution >= 4 is 34.5 Å². The average molecular weight is 481 g/mol. The summed E-state index contributed by atoms with van der Waals surface area (Å²) in [5.41, 5.74) is -1.25. The Morgan fingerprint density at radius 2 is 0.970 bits per heavy atom. The van der Waals surface area contributed by atoms with Gasteiger partial charge in [0.2, 0.25) is 0 Å². The molecule has 4 aromatic heterocycles. The molecule has 11 heteroatoms. The molecule has 33 heavy (non-hydrogen) atoms. The highest BCUT2D eigenvalue weighted by atomic mass is 32.2. The molecule has 0 radical (unpaired) electrons. The number of pyridine rings is 4. The summed E-state index contributed by atoms with van der Waals surface area (Å²) in [7, 11) is 0. The van der Waals surface area contributed by atoms with Gasteiger partial charge in [-0.3, -0.25) is 33.1 Å². The van der Waals surface area contributed by atoms with Gasteiger partial charge in [-0.05, 0) is 36.5 Å². The lowest BCUT2D eigenvalue weighted by molar-refractivity contribution is 0.261. The van der Waals surface area contributed by atoms with Crippen LogP contribution in [-0.4, -0.2) is 28.0 Å². The summed E-state index contributed by atoms with van der Waals surface area (Å²) >= 11 is 5.75. The lowest BCUT2D eigenvalue weighted by atomic mass is 10.4. The molecular weight excluding hydrogens is 464 g/mol. The van der Waals surface area contributed by atoms with Crippen molar-refractivity contribution < 1.29 is 4.79 Å². The van der Waals surface area contributed by atoms with Crippen molar-refractivity contribution in [3.05, 3.63) is 139 Å². The molecule has 166 valence electrons. The Labute approximate surface area is 195 Å². The maximum Gasteiger partial charge on any atom is 0.313 e. The molecule has 0 atom stereocenters. The fraction of sp³-hybridized carbons (Fsp3) is 0. The summed E-state index contributed by atoms with van der Waals surface area (Å²) in [6.07, 6.45) is 5.90. The van der Waals surface area contributed by atoms with E-state index >= 15 is 0 Å². The van der Waals surface area contributed by atoms with Gasteiger partial charge in [-0.2, -0.15) is 0 Å². The monoisotopic (exact) mass is 480 g/mol. The molecule has 0 saturated carbocycles. The molecule has 9 nitrogen and oxygen atoms in total. The lowest BCUT2D eigenvalue weighted by Crippen LogP contribution is -2.35. The number of carbonyl (C=O) groups is 1. The summed E-state index contributed by atoms with van der Waals surface area (Å²) in [6.45, 7) is 0. The Kier molecular flexibility index (Phi) is 7.84. The summed E-state index contributed by atoms with van der Waals surface area (Å²) in [6, 6.07) is 18.3. The summed E-state index contributed by atoms with van der Waals surface area (Å²) in [4.78, 5) is 57.5. The maximum atomic E-state index is 11.8. The van der Waals surface area contributed by atoms with Gasteiger partial charge in [0.05, 0.1) is 11.9 Å². The van der Waals surface area contributed by atoms with E-state index in [9.17, 15) is 24.0 Å². The first-order valence-corrected chi connectivity index (χ1v) is 10.5. The molecule has 4 rings (SSSR count). The van der Waals surface area contributed by atoms with Crippen LogP contribution in [0, 0.1) is 0 Å². The van der Waals surface area contributed by atoms with Gasteiger partial charge in [-0.1, -0.05) is 24.3 Å². The topological polar surface area (TPSA) is 105 Å². The largest absolute Gasteiger partial charge is 0.313 e. The molecule has 0 unspecified atom stereocenters. The van der Waals surface area contributed by atoms with Crippen molar-refractivity contribution in [3.63, 3.8) is 0 Å². The third-order valence-electron chi connectivity index (χ3n) is 4.04. The number of hydrogen-bond donors (Lipinski definition) is 0. The third-order valence-corrected chi connectivity index (χ3v) is 5.29. The fourth-order valence-corrected chi connectivity index (χ4v) is 3.47. The standard InChI is InChI=1S/C11H8N2O3S.C11H8N2O2S/c14-9-5-1-3-7-12(9)11(16)17-13-8-4-2-6-10(13)15;14-9-5-1-3-7-12(9)11(16)13-8-4-2-6-10(13)15/h1-8H;1-8H. The highest BCUT2D eigenvalue weighted by Gasteiger charge is 2.09. The first kappa shape index (κ1) is 23.6. The van der Waals surface area contributed by atoms with E-state index < -0.39 is 10.8 Å². The van der Waals surface area contributed by atoms with Crippen molar-refractivity contribution in [1.82, 2.24) is 17.7 Å². The summed E-state index contributed by atoms with van der Waals surface area (Å²) < 4.78 is 4.61. The second-order valence-corrected chi connectivity index (χ2v) is 7.52. The van der Waals surface area contributed by atoms with Crippen LogP contribution in [0.1, 0.15) is 0 Å². The molecule has 0 bridgehead atoms. The molecule has 0 saturated heterocycles. The molecule has 0 fully saturated rings. The second kappa shape index (κ2) is 11.0. The van der Waals surface area contributed by atoms with Crippen LogP contribution >= 0.6 is 24.2 Å². The van der Waals surface area contributed by atoms with Gasteiger partial charge in [0, 0.05) is 49.1 Å². The minimum atomic E-state index is -0.524. The number of aromatic nitrogens is 4. The van der Waals surface area contributed by atoms with Crippen molar-refractivity contribution in [2.24, 2.45) is 0 Å². The normalized spacial score (nSPS) is 10.1. The van der Waals surface area contributed by atoms with Crippen LogP contribution < -0.4 is 22.2 Å². The smallest absolute Gasteiger partial charge is 0.269 e. The van der Waals surface area contributed by atoms with Gasteiger partial charge in [-0.15, -0.1) is 0 Å². The van der Waals surface area contributed by atoms with Crippen LogP contribution in [-0.2, 0) is 0 Å². The van der Waals surface area contributed by atoms with E-state index in [1.165, 1.54) is 62.2 Å². The van der Waals surface area contributed by atoms with E-state index in [0.717, 1.165) is 4.57 Å². The quantitative estimate of drug-likeness (QED) is 0.383. The van der Waals surface area contributed by atoms with Crippen molar-refractivity contribution in [2.75, 3.05) is 0 Å². The molecule has 4 heterocycles. The minimum absolute atomic E-state index is 0.149. The van der Waals surface area contributed by atoms with Crippen molar-refractivity contribution in [2.45, 2.75) is 0 Å². The zero-order valence-electron chi connectivity index (χ0n) is 16.9. The number of hydrogen-bond acceptors (Lipinski definition) is 7. The number of rotatable bonds is 1. The Bertz CT molecular complexity index is 1480. The van der Waals surface area contributed by atoms with Gasteiger partial charge in [0.15, 0.2) is 5.11 Å². The molecule has 0 spiro atoms. The van der Waals surface area contributed by atoms with Gasteiger partial charge in [-0.25, -0.2) is 8.54 Å². The number of thiocarbonyl (C=S) groups is 1. The number of carbonyl (C=O) groups excluding carboxylic acids is 1. The van der Waals surface area contributed by atoms with E-state index in [1.54, 1.807) is 48.5 Å². The van der Waals surface area contributed by atoms with Gasteiger partial charge >= 0.3 is 5.24 Å². The lowest BCUT2D eigenvalue weighted by Gasteiger charge is -2.08. The predicted octanol–water partition coefficient (Wildman–Crippen LogP) is 1.87. The molecule has 0 aliphatic rings. The third kappa shape index (κ3) is 5.99. The first-order valence-electron chi connectivity index (χ1n) is 9.36. The average Bonchev–Trinajstić information content (AvgIpc) is 2.81. The van der Waals surface area contributed by atoms with Crippen LogP contribution in [0.15, 0.2) is 117 Å². The Morgan fingerprint density at radius 1 is 0.576 bits per heavy atom. The van der Waals surface area contributed by atoms with Gasteiger partial charge in [0.25, 0.3) is 22.2 Å². The van der Waals surface area contributed by atoms with E-state index in [2.05, 4.69) is 0 Å². The van der Waals surface area contributed by atoms with Gasteiger partial charge in [0.1, 0.15) is 0 Å².